The third-order valence-corrected chi connectivity index (χ3v) is 4.93. The van der Waals surface area contributed by atoms with E-state index < -0.39 is 30.3 Å². The molecule has 0 spiro atoms. The summed E-state index contributed by atoms with van der Waals surface area (Å²) < 4.78 is 23.6. The largest absolute Gasteiger partial charge is 0.462 e. The molecule has 8 heteroatoms. The second kappa shape index (κ2) is 9.80. The summed E-state index contributed by atoms with van der Waals surface area (Å²) in [6, 6.07) is 14.5. The second-order valence-electron chi connectivity index (χ2n) is 6.04. The number of rotatable bonds is 7. The summed E-state index contributed by atoms with van der Waals surface area (Å²) in [5.41, 5.74) is 1.38. The zero-order valence-corrected chi connectivity index (χ0v) is 16.8. The molecule has 0 radical (unpaired) electrons. The number of nitrogens with one attached hydrogen (secondary N) is 1. The molecule has 0 aliphatic carbocycles. The Hall–Kier alpha value is -3.52. The third kappa shape index (κ3) is 4.90. The molecule has 154 valence electrons. The first-order valence-electron chi connectivity index (χ1n) is 9.06. The summed E-state index contributed by atoms with van der Waals surface area (Å²) in [4.78, 5) is 36.7. The van der Waals surface area contributed by atoms with Crippen molar-refractivity contribution in [2.24, 2.45) is 0 Å². The minimum atomic E-state index is -0.954. The third-order valence-electron chi connectivity index (χ3n) is 4.04. The van der Waals surface area contributed by atoms with Gasteiger partial charge in [-0.2, -0.15) is 0 Å². The van der Waals surface area contributed by atoms with Crippen LogP contribution in [0.4, 0.5) is 9.39 Å². The van der Waals surface area contributed by atoms with E-state index in [4.69, 9.17) is 9.47 Å². The molecule has 1 heterocycles. The molecule has 0 saturated heterocycles. The van der Waals surface area contributed by atoms with Crippen LogP contribution in [0.15, 0.2) is 60.0 Å². The summed E-state index contributed by atoms with van der Waals surface area (Å²) >= 11 is 1.15. The molecule has 6 nitrogen and oxygen atoms in total. The van der Waals surface area contributed by atoms with E-state index in [1.807, 2.05) is 30.3 Å². The van der Waals surface area contributed by atoms with Gasteiger partial charge in [0.25, 0.3) is 5.91 Å². The van der Waals surface area contributed by atoms with Gasteiger partial charge in [0.05, 0.1) is 12.2 Å². The van der Waals surface area contributed by atoms with E-state index in [0.717, 1.165) is 23.0 Å². The summed E-state index contributed by atoms with van der Waals surface area (Å²) in [5, 5.41) is 4.58. The number of amides is 1. The first kappa shape index (κ1) is 21.2. The summed E-state index contributed by atoms with van der Waals surface area (Å²) in [6.45, 7) is 1.23. The number of carbonyl (C=O) groups excluding carboxylic acids is 3. The SMILES string of the molecule is CCOC(=O)c1c(-c2ccccc2)csc1NC(=O)COC(=O)c1ccccc1F. The second-order valence-corrected chi connectivity index (χ2v) is 6.92. The maximum Gasteiger partial charge on any atom is 0.341 e. The summed E-state index contributed by atoms with van der Waals surface area (Å²) in [6.07, 6.45) is 0. The molecule has 0 fully saturated rings. The molecule has 0 aliphatic heterocycles. The van der Waals surface area contributed by atoms with Crippen molar-refractivity contribution in [3.63, 3.8) is 0 Å². The van der Waals surface area contributed by atoms with Gasteiger partial charge in [0.1, 0.15) is 16.4 Å². The lowest BCUT2D eigenvalue weighted by molar-refractivity contribution is -0.119. The highest BCUT2D eigenvalue weighted by Crippen LogP contribution is 2.36. The van der Waals surface area contributed by atoms with E-state index in [1.54, 1.807) is 12.3 Å². The van der Waals surface area contributed by atoms with Gasteiger partial charge in [-0.25, -0.2) is 14.0 Å². The smallest absolute Gasteiger partial charge is 0.341 e. The number of esters is 2. The average Bonchev–Trinajstić information content (AvgIpc) is 3.16. The van der Waals surface area contributed by atoms with Gasteiger partial charge in [-0.05, 0) is 24.6 Å². The standard InChI is InChI=1S/C22H18FNO5S/c1-2-28-22(27)19-16(14-8-4-3-5-9-14)13-30-20(19)24-18(25)12-29-21(26)15-10-6-7-11-17(15)23/h3-11,13H,2,12H2,1H3,(H,24,25). The lowest BCUT2D eigenvalue weighted by Gasteiger charge is -2.09. The van der Waals surface area contributed by atoms with Gasteiger partial charge in [-0.3, -0.25) is 4.79 Å². The monoisotopic (exact) mass is 427 g/mol. The minimum Gasteiger partial charge on any atom is -0.462 e. The Morgan fingerprint density at radius 3 is 2.37 bits per heavy atom. The molecular weight excluding hydrogens is 409 g/mol. The highest BCUT2D eigenvalue weighted by atomic mass is 32.1. The number of hydrogen-bond acceptors (Lipinski definition) is 6. The van der Waals surface area contributed by atoms with Gasteiger partial charge in [0, 0.05) is 10.9 Å². The van der Waals surface area contributed by atoms with Crippen molar-refractivity contribution in [1.82, 2.24) is 0 Å². The lowest BCUT2D eigenvalue weighted by atomic mass is 10.0. The van der Waals surface area contributed by atoms with E-state index in [2.05, 4.69) is 5.32 Å². The fraction of sp³-hybridized carbons (Fsp3) is 0.136. The fourth-order valence-corrected chi connectivity index (χ4v) is 3.66. The van der Waals surface area contributed by atoms with Gasteiger partial charge in [-0.15, -0.1) is 11.3 Å². The quantitative estimate of drug-likeness (QED) is 0.561. The number of ether oxygens (including phenoxy) is 2. The maximum absolute atomic E-state index is 13.6. The number of carbonyl (C=O) groups is 3. The molecule has 30 heavy (non-hydrogen) atoms. The Labute approximate surface area is 176 Å². The zero-order valence-electron chi connectivity index (χ0n) is 16.0. The van der Waals surface area contributed by atoms with Crippen LogP contribution < -0.4 is 5.32 Å². The highest BCUT2D eigenvalue weighted by molar-refractivity contribution is 7.15. The number of benzene rings is 2. The highest BCUT2D eigenvalue weighted by Gasteiger charge is 2.23. The molecule has 0 atom stereocenters. The Balaban J connectivity index is 1.75. The van der Waals surface area contributed by atoms with E-state index in [-0.39, 0.29) is 22.7 Å². The van der Waals surface area contributed by atoms with Gasteiger partial charge in [0.15, 0.2) is 6.61 Å². The first-order valence-corrected chi connectivity index (χ1v) is 9.94. The van der Waals surface area contributed by atoms with Crippen LogP contribution in [0.25, 0.3) is 11.1 Å². The van der Waals surface area contributed by atoms with Crippen molar-refractivity contribution in [3.05, 3.63) is 76.9 Å². The molecule has 0 aliphatic rings. The van der Waals surface area contributed by atoms with Crippen molar-refractivity contribution < 1.29 is 28.2 Å². The molecule has 1 N–H and O–H groups in total. The summed E-state index contributed by atoms with van der Waals surface area (Å²) in [5.74, 6) is -2.92. The number of halogens is 1. The van der Waals surface area contributed by atoms with Crippen molar-refractivity contribution in [2.75, 3.05) is 18.5 Å². The molecular formula is C22H18FNO5S. The van der Waals surface area contributed by atoms with Gasteiger partial charge >= 0.3 is 11.9 Å². The summed E-state index contributed by atoms with van der Waals surface area (Å²) in [7, 11) is 0. The molecule has 0 unspecified atom stereocenters. The van der Waals surface area contributed by atoms with Crippen LogP contribution in [0.5, 0.6) is 0 Å². The van der Waals surface area contributed by atoms with Crippen molar-refractivity contribution >= 4 is 34.2 Å². The lowest BCUT2D eigenvalue weighted by Crippen LogP contribution is -2.22. The van der Waals surface area contributed by atoms with Crippen LogP contribution in [0.3, 0.4) is 0 Å². The molecule has 2 aromatic carbocycles. The number of anilines is 1. The zero-order chi connectivity index (χ0) is 21.5. The van der Waals surface area contributed by atoms with Gasteiger partial charge < -0.3 is 14.8 Å². The van der Waals surface area contributed by atoms with Crippen LogP contribution >= 0.6 is 11.3 Å². The topological polar surface area (TPSA) is 81.7 Å². The molecule has 0 bridgehead atoms. The van der Waals surface area contributed by atoms with Crippen molar-refractivity contribution in [2.45, 2.75) is 6.92 Å². The van der Waals surface area contributed by atoms with E-state index in [9.17, 15) is 18.8 Å². The van der Waals surface area contributed by atoms with Crippen LogP contribution in [-0.2, 0) is 14.3 Å². The van der Waals surface area contributed by atoms with Crippen LogP contribution in [-0.4, -0.2) is 31.1 Å². The minimum absolute atomic E-state index is 0.177. The van der Waals surface area contributed by atoms with Gasteiger partial charge in [-0.1, -0.05) is 42.5 Å². The van der Waals surface area contributed by atoms with E-state index >= 15 is 0 Å². The Bertz CT molecular complexity index is 1060. The first-order chi connectivity index (χ1) is 14.5. The maximum atomic E-state index is 13.6. The number of hydrogen-bond donors (Lipinski definition) is 1. The van der Waals surface area contributed by atoms with Crippen LogP contribution in [0, 0.1) is 5.82 Å². The molecule has 0 saturated carbocycles. The Kier molecular flexibility index (Phi) is 6.92. The van der Waals surface area contributed by atoms with Crippen molar-refractivity contribution in [3.8, 4) is 11.1 Å². The van der Waals surface area contributed by atoms with E-state index in [1.165, 1.54) is 18.2 Å². The molecule has 3 aromatic rings. The predicted molar refractivity (Wildman–Crippen MR) is 111 cm³/mol. The van der Waals surface area contributed by atoms with E-state index in [0.29, 0.717) is 5.56 Å². The average molecular weight is 427 g/mol. The van der Waals surface area contributed by atoms with Crippen LogP contribution in [0.1, 0.15) is 27.6 Å². The number of thiophene rings is 1. The fourth-order valence-electron chi connectivity index (χ4n) is 2.68. The molecule has 3 rings (SSSR count). The molecule has 1 aromatic heterocycles. The van der Waals surface area contributed by atoms with Gasteiger partial charge in [0.2, 0.25) is 0 Å². The molecule has 1 amide bonds. The Morgan fingerprint density at radius 2 is 1.67 bits per heavy atom. The predicted octanol–water partition coefficient (Wildman–Crippen LogP) is 4.53. The normalized spacial score (nSPS) is 10.3. The van der Waals surface area contributed by atoms with Crippen molar-refractivity contribution in [1.29, 1.82) is 0 Å². The van der Waals surface area contributed by atoms with Crippen LogP contribution in [0.2, 0.25) is 0 Å². The Morgan fingerprint density at radius 1 is 0.967 bits per heavy atom.